The van der Waals surface area contributed by atoms with Crippen LogP contribution in [-0.2, 0) is 0 Å². The zero-order chi connectivity index (χ0) is 14.8. The molecule has 0 spiro atoms. The van der Waals surface area contributed by atoms with E-state index in [9.17, 15) is 4.79 Å². The smallest absolute Gasteiger partial charge is 0.270 e. The van der Waals surface area contributed by atoms with Gasteiger partial charge in [-0.3, -0.25) is 4.79 Å². The number of hydrogen-bond donors (Lipinski definition) is 2. The van der Waals surface area contributed by atoms with Gasteiger partial charge in [-0.2, -0.15) is 0 Å². The fourth-order valence-electron chi connectivity index (χ4n) is 1.99. The summed E-state index contributed by atoms with van der Waals surface area (Å²) >= 11 is 6.11. The molecule has 2 aromatic rings. The normalized spacial score (nSPS) is 11.6. The van der Waals surface area contributed by atoms with E-state index in [1.165, 1.54) is 0 Å². The number of aliphatic hydroxyl groups excluding tert-OH is 1. The number of halogens is 1. The van der Waals surface area contributed by atoms with Crippen LogP contribution in [0, 0.1) is 0 Å². The molecule has 0 aliphatic heterocycles. The second-order valence-corrected chi connectivity index (χ2v) is 5.69. The summed E-state index contributed by atoms with van der Waals surface area (Å²) < 4.78 is 0. The molecule has 0 saturated carbocycles. The van der Waals surface area contributed by atoms with Crippen molar-refractivity contribution in [3.8, 4) is 0 Å². The van der Waals surface area contributed by atoms with Crippen molar-refractivity contribution in [2.24, 2.45) is 0 Å². The third-order valence-electron chi connectivity index (χ3n) is 3.12. The molecule has 2 N–H and O–H groups in total. The van der Waals surface area contributed by atoms with E-state index in [-0.39, 0.29) is 18.2 Å². The van der Waals surface area contributed by atoms with E-state index in [0.717, 1.165) is 10.8 Å². The number of hydrogen-bond acceptors (Lipinski definition) is 3. The van der Waals surface area contributed by atoms with Gasteiger partial charge in [0.1, 0.15) is 10.8 Å². The molecule has 0 fully saturated rings. The molecule has 20 heavy (non-hydrogen) atoms. The SMILES string of the molecule is CC(C)(CCO)NC(=O)c1cc2ccccc2c(Cl)n1. The van der Waals surface area contributed by atoms with Gasteiger partial charge >= 0.3 is 0 Å². The number of nitrogens with zero attached hydrogens (tertiary/aromatic N) is 1. The molecular formula is C15H17ClN2O2. The molecule has 0 aliphatic rings. The fourth-order valence-corrected chi connectivity index (χ4v) is 2.25. The molecule has 0 bridgehead atoms. The Bertz CT molecular complexity index is 641. The van der Waals surface area contributed by atoms with Gasteiger partial charge in [0, 0.05) is 17.5 Å². The molecule has 0 aliphatic carbocycles. The minimum atomic E-state index is -0.494. The van der Waals surface area contributed by atoms with E-state index in [2.05, 4.69) is 10.3 Å². The molecule has 1 aromatic heterocycles. The number of amides is 1. The van der Waals surface area contributed by atoms with Crippen LogP contribution in [0.4, 0.5) is 0 Å². The molecule has 4 nitrogen and oxygen atoms in total. The Balaban J connectivity index is 2.31. The number of fused-ring (bicyclic) bond motifs is 1. The van der Waals surface area contributed by atoms with E-state index in [1.54, 1.807) is 6.07 Å². The summed E-state index contributed by atoms with van der Waals surface area (Å²) in [6, 6.07) is 9.22. The molecule has 0 radical (unpaired) electrons. The lowest BCUT2D eigenvalue weighted by Gasteiger charge is -2.25. The summed E-state index contributed by atoms with van der Waals surface area (Å²) in [7, 11) is 0. The standard InChI is InChI=1S/C15H17ClN2O2/c1-15(2,7-8-19)18-14(20)12-9-10-5-3-4-6-11(10)13(16)17-12/h3-6,9,19H,7-8H2,1-2H3,(H,18,20). The summed E-state index contributed by atoms with van der Waals surface area (Å²) in [5, 5.41) is 13.8. The van der Waals surface area contributed by atoms with Crippen molar-refractivity contribution >= 4 is 28.3 Å². The van der Waals surface area contributed by atoms with Crippen LogP contribution in [0.25, 0.3) is 10.8 Å². The summed E-state index contributed by atoms with van der Waals surface area (Å²) in [6.07, 6.45) is 0.472. The molecule has 1 aromatic carbocycles. The number of nitrogens with one attached hydrogen (secondary N) is 1. The number of benzene rings is 1. The average Bonchev–Trinajstić information content (AvgIpc) is 2.38. The van der Waals surface area contributed by atoms with E-state index in [0.29, 0.717) is 11.6 Å². The van der Waals surface area contributed by atoms with Crippen LogP contribution >= 0.6 is 11.6 Å². The summed E-state index contributed by atoms with van der Waals surface area (Å²) in [5.41, 5.74) is -0.217. The van der Waals surface area contributed by atoms with Gasteiger partial charge in [-0.15, -0.1) is 0 Å². The molecule has 0 saturated heterocycles. The number of carbonyl (C=O) groups excluding carboxylic acids is 1. The van der Waals surface area contributed by atoms with Gasteiger partial charge < -0.3 is 10.4 Å². The zero-order valence-electron chi connectivity index (χ0n) is 11.5. The minimum absolute atomic E-state index is 0.0131. The minimum Gasteiger partial charge on any atom is -0.396 e. The number of aliphatic hydroxyl groups is 1. The van der Waals surface area contributed by atoms with Crippen LogP contribution in [0.1, 0.15) is 30.8 Å². The van der Waals surface area contributed by atoms with Gasteiger partial charge in [0.05, 0.1) is 0 Å². The molecule has 1 amide bonds. The highest BCUT2D eigenvalue weighted by atomic mass is 35.5. The maximum absolute atomic E-state index is 12.2. The molecule has 0 unspecified atom stereocenters. The van der Waals surface area contributed by atoms with E-state index in [1.807, 2.05) is 38.1 Å². The summed E-state index contributed by atoms with van der Waals surface area (Å²) in [4.78, 5) is 16.4. The molecular weight excluding hydrogens is 276 g/mol. The maximum atomic E-state index is 12.2. The lowest BCUT2D eigenvalue weighted by molar-refractivity contribution is 0.0894. The maximum Gasteiger partial charge on any atom is 0.270 e. The predicted octanol–water partition coefficient (Wildman–Crippen LogP) is 2.78. The van der Waals surface area contributed by atoms with E-state index in [4.69, 9.17) is 16.7 Å². The number of rotatable bonds is 4. The Morgan fingerprint density at radius 2 is 2.10 bits per heavy atom. The molecule has 5 heteroatoms. The van der Waals surface area contributed by atoms with Crippen molar-refractivity contribution in [3.63, 3.8) is 0 Å². The Kier molecular flexibility index (Phi) is 4.26. The number of carbonyl (C=O) groups is 1. The number of aromatic nitrogens is 1. The first-order valence-corrected chi connectivity index (χ1v) is 6.79. The van der Waals surface area contributed by atoms with Gasteiger partial charge in [-0.05, 0) is 31.7 Å². The quantitative estimate of drug-likeness (QED) is 0.852. The van der Waals surface area contributed by atoms with Crippen molar-refractivity contribution in [3.05, 3.63) is 41.2 Å². The highest BCUT2D eigenvalue weighted by molar-refractivity contribution is 6.34. The van der Waals surface area contributed by atoms with Gasteiger partial charge in [0.15, 0.2) is 0 Å². The Labute approximate surface area is 122 Å². The van der Waals surface area contributed by atoms with E-state index >= 15 is 0 Å². The van der Waals surface area contributed by atoms with Crippen molar-refractivity contribution in [2.45, 2.75) is 25.8 Å². The molecule has 106 valence electrons. The lowest BCUT2D eigenvalue weighted by atomic mass is 10.0. The highest BCUT2D eigenvalue weighted by Crippen LogP contribution is 2.22. The van der Waals surface area contributed by atoms with Crippen LogP contribution in [0.3, 0.4) is 0 Å². The van der Waals surface area contributed by atoms with Gasteiger partial charge in [-0.1, -0.05) is 35.9 Å². The Hall–Kier alpha value is -1.65. The summed E-state index contributed by atoms with van der Waals surface area (Å²) in [5.74, 6) is -0.295. The third-order valence-corrected chi connectivity index (χ3v) is 3.40. The molecule has 0 atom stereocenters. The predicted molar refractivity (Wildman–Crippen MR) is 80.0 cm³/mol. The third kappa shape index (κ3) is 3.26. The highest BCUT2D eigenvalue weighted by Gasteiger charge is 2.21. The van der Waals surface area contributed by atoms with Crippen LogP contribution in [0.2, 0.25) is 5.15 Å². The van der Waals surface area contributed by atoms with Crippen LogP contribution in [0.15, 0.2) is 30.3 Å². The van der Waals surface area contributed by atoms with Crippen LogP contribution < -0.4 is 5.32 Å². The van der Waals surface area contributed by atoms with Gasteiger partial charge in [-0.25, -0.2) is 4.98 Å². The second-order valence-electron chi connectivity index (χ2n) is 5.33. The van der Waals surface area contributed by atoms with Gasteiger partial charge in [0.2, 0.25) is 0 Å². The monoisotopic (exact) mass is 292 g/mol. The van der Waals surface area contributed by atoms with Crippen molar-refractivity contribution in [1.82, 2.24) is 10.3 Å². The first kappa shape index (κ1) is 14.8. The Morgan fingerprint density at radius 1 is 1.40 bits per heavy atom. The molecule has 1 heterocycles. The van der Waals surface area contributed by atoms with Crippen LogP contribution in [0.5, 0.6) is 0 Å². The largest absolute Gasteiger partial charge is 0.396 e. The van der Waals surface area contributed by atoms with E-state index < -0.39 is 5.54 Å². The second kappa shape index (κ2) is 5.77. The number of pyridine rings is 1. The van der Waals surface area contributed by atoms with Crippen molar-refractivity contribution in [1.29, 1.82) is 0 Å². The summed E-state index contributed by atoms with van der Waals surface area (Å²) in [6.45, 7) is 3.72. The van der Waals surface area contributed by atoms with Gasteiger partial charge in [0.25, 0.3) is 5.91 Å². The topological polar surface area (TPSA) is 62.2 Å². The van der Waals surface area contributed by atoms with Crippen LogP contribution in [-0.4, -0.2) is 28.1 Å². The Morgan fingerprint density at radius 3 is 2.80 bits per heavy atom. The average molecular weight is 293 g/mol. The van der Waals surface area contributed by atoms with Crippen molar-refractivity contribution < 1.29 is 9.90 Å². The lowest BCUT2D eigenvalue weighted by Crippen LogP contribution is -2.44. The first-order valence-electron chi connectivity index (χ1n) is 6.41. The first-order chi connectivity index (χ1) is 9.43. The fraction of sp³-hybridized carbons (Fsp3) is 0.333. The molecule has 2 rings (SSSR count). The zero-order valence-corrected chi connectivity index (χ0v) is 12.2. The van der Waals surface area contributed by atoms with Crippen molar-refractivity contribution in [2.75, 3.05) is 6.61 Å².